The van der Waals surface area contributed by atoms with Crippen molar-refractivity contribution in [1.29, 1.82) is 0 Å². The highest BCUT2D eigenvalue weighted by atomic mass is 32.2. The summed E-state index contributed by atoms with van der Waals surface area (Å²) in [5.41, 5.74) is 3.27. The lowest BCUT2D eigenvalue weighted by atomic mass is 9.98. The van der Waals surface area contributed by atoms with Crippen LogP contribution in [0.4, 0.5) is 11.4 Å². The van der Waals surface area contributed by atoms with Crippen LogP contribution in [0.25, 0.3) is 0 Å². The number of nitrogens with zero attached hydrogens (tertiary/aromatic N) is 1. The summed E-state index contributed by atoms with van der Waals surface area (Å²) in [6.45, 7) is 4.42. The van der Waals surface area contributed by atoms with Crippen LogP contribution < -0.4 is 14.9 Å². The number of nitrogens with one attached hydrogen (secondary N) is 2. The number of fused-ring (bicyclic) bond motifs is 2. The number of benzene rings is 2. The molecule has 2 aromatic rings. The van der Waals surface area contributed by atoms with Crippen molar-refractivity contribution < 1.29 is 18.0 Å². The molecule has 2 aliphatic rings. The zero-order chi connectivity index (χ0) is 19.9. The second kappa shape index (κ2) is 6.88. The van der Waals surface area contributed by atoms with Crippen LogP contribution in [-0.4, -0.2) is 26.8 Å². The zero-order valence-corrected chi connectivity index (χ0v) is 15.9. The smallest absolute Gasteiger partial charge is 0.255 e. The Morgan fingerprint density at radius 2 is 1.96 bits per heavy atom. The van der Waals surface area contributed by atoms with Gasteiger partial charge in [0, 0.05) is 30.0 Å². The molecule has 0 aliphatic carbocycles. The van der Waals surface area contributed by atoms with E-state index in [4.69, 9.17) is 0 Å². The Kier molecular flexibility index (Phi) is 4.52. The lowest BCUT2D eigenvalue weighted by Gasteiger charge is -2.28. The fourth-order valence-corrected chi connectivity index (χ4v) is 4.83. The monoisotopic (exact) mass is 397 g/mol. The molecule has 0 fully saturated rings. The van der Waals surface area contributed by atoms with E-state index in [0.29, 0.717) is 23.4 Å². The average Bonchev–Trinajstić information content (AvgIpc) is 3.00. The Balaban J connectivity index is 1.58. The number of hydrogen-bond donors (Lipinski definition) is 2. The topological polar surface area (TPSA) is 95.6 Å². The fraction of sp³-hybridized carbons (Fsp3) is 0.200. The minimum absolute atomic E-state index is 0.161. The van der Waals surface area contributed by atoms with Crippen LogP contribution in [0.2, 0.25) is 0 Å². The number of aryl methyl sites for hydroxylation is 1. The fourth-order valence-electron chi connectivity index (χ4n) is 3.56. The molecule has 0 atom stereocenters. The largest absolute Gasteiger partial charge is 0.322 e. The maximum Gasteiger partial charge on any atom is 0.255 e. The van der Waals surface area contributed by atoms with E-state index in [1.54, 1.807) is 35.2 Å². The molecule has 2 N–H and O–H groups in total. The van der Waals surface area contributed by atoms with E-state index < -0.39 is 10.0 Å². The normalized spacial score (nSPS) is 16.8. The molecule has 0 bridgehead atoms. The first-order valence-electron chi connectivity index (χ1n) is 8.90. The third-order valence-electron chi connectivity index (χ3n) is 4.97. The van der Waals surface area contributed by atoms with E-state index in [1.165, 1.54) is 12.1 Å². The van der Waals surface area contributed by atoms with Gasteiger partial charge >= 0.3 is 0 Å². The Hall–Kier alpha value is -2.97. The van der Waals surface area contributed by atoms with E-state index in [0.717, 1.165) is 24.1 Å². The molecule has 144 valence electrons. The molecule has 8 heteroatoms. The molecule has 2 aliphatic heterocycles. The number of rotatable bonds is 3. The highest BCUT2D eigenvalue weighted by Crippen LogP contribution is 2.29. The van der Waals surface area contributed by atoms with E-state index in [-0.39, 0.29) is 23.3 Å². The maximum absolute atomic E-state index is 12.7. The lowest BCUT2D eigenvalue weighted by Crippen LogP contribution is -2.34. The Morgan fingerprint density at radius 3 is 2.75 bits per heavy atom. The SMILES string of the molecule is C=CC(=O)N1CCCc2cc(C(=O)Nc3ccc4c(c3)S(=O)(=O)NC4)ccc21. The van der Waals surface area contributed by atoms with Gasteiger partial charge in [-0.2, -0.15) is 0 Å². The van der Waals surface area contributed by atoms with Gasteiger partial charge in [-0.3, -0.25) is 9.59 Å². The second-order valence-corrected chi connectivity index (χ2v) is 8.48. The predicted octanol–water partition coefficient (Wildman–Crippen LogP) is 2.20. The van der Waals surface area contributed by atoms with E-state index >= 15 is 0 Å². The Morgan fingerprint density at radius 1 is 1.14 bits per heavy atom. The highest BCUT2D eigenvalue weighted by Gasteiger charge is 2.26. The zero-order valence-electron chi connectivity index (χ0n) is 15.1. The summed E-state index contributed by atoms with van der Waals surface area (Å²) >= 11 is 0. The van der Waals surface area contributed by atoms with Crippen LogP contribution >= 0.6 is 0 Å². The molecule has 0 aromatic heterocycles. The van der Waals surface area contributed by atoms with Gasteiger partial charge in [-0.05, 0) is 60.4 Å². The van der Waals surface area contributed by atoms with E-state index in [1.807, 2.05) is 0 Å². The number of hydrogen-bond acceptors (Lipinski definition) is 4. The standard InChI is InChI=1S/C20H19N3O4S/c1-2-19(24)23-9-3-4-13-10-14(6-8-17(13)23)20(25)22-16-7-5-15-12-21-28(26,27)18(15)11-16/h2,5-8,10-11,21H,1,3-4,9,12H2,(H,22,25). The molecule has 0 saturated carbocycles. The Bertz CT molecular complexity index is 1110. The third kappa shape index (κ3) is 3.21. The summed E-state index contributed by atoms with van der Waals surface area (Å²) in [5.74, 6) is -0.496. The van der Waals surface area contributed by atoms with Crippen LogP contribution in [0.15, 0.2) is 53.9 Å². The number of anilines is 2. The highest BCUT2D eigenvalue weighted by molar-refractivity contribution is 7.89. The first-order valence-corrected chi connectivity index (χ1v) is 10.4. The van der Waals surface area contributed by atoms with Crippen molar-refractivity contribution in [3.63, 3.8) is 0 Å². The number of carbonyl (C=O) groups excluding carboxylic acids is 2. The van der Waals surface area contributed by atoms with E-state index in [2.05, 4.69) is 16.6 Å². The summed E-state index contributed by atoms with van der Waals surface area (Å²) in [7, 11) is -3.50. The molecule has 0 unspecified atom stereocenters. The molecular weight excluding hydrogens is 378 g/mol. The molecule has 2 aromatic carbocycles. The molecule has 0 spiro atoms. The summed E-state index contributed by atoms with van der Waals surface area (Å²) in [6.07, 6.45) is 2.87. The first-order chi connectivity index (χ1) is 13.4. The molecule has 0 radical (unpaired) electrons. The first kappa shape index (κ1) is 18.4. The van der Waals surface area contributed by atoms with Crippen LogP contribution in [0.3, 0.4) is 0 Å². The average molecular weight is 397 g/mol. The van der Waals surface area contributed by atoms with Gasteiger partial charge in [0.2, 0.25) is 15.9 Å². The van der Waals surface area contributed by atoms with Crippen molar-refractivity contribution in [2.24, 2.45) is 0 Å². The molecule has 2 heterocycles. The van der Waals surface area contributed by atoms with Gasteiger partial charge < -0.3 is 10.2 Å². The molecule has 28 heavy (non-hydrogen) atoms. The van der Waals surface area contributed by atoms with Gasteiger partial charge in [0.25, 0.3) is 5.91 Å². The minimum atomic E-state index is -3.50. The molecule has 4 rings (SSSR count). The van der Waals surface area contributed by atoms with Crippen molar-refractivity contribution in [2.75, 3.05) is 16.8 Å². The van der Waals surface area contributed by atoms with Crippen molar-refractivity contribution in [2.45, 2.75) is 24.3 Å². The van der Waals surface area contributed by atoms with Crippen LogP contribution in [0.5, 0.6) is 0 Å². The van der Waals surface area contributed by atoms with Crippen molar-refractivity contribution in [3.8, 4) is 0 Å². The molecule has 7 nitrogen and oxygen atoms in total. The lowest BCUT2D eigenvalue weighted by molar-refractivity contribution is -0.114. The maximum atomic E-state index is 12.7. The van der Waals surface area contributed by atoms with Crippen LogP contribution in [0, 0.1) is 0 Å². The van der Waals surface area contributed by atoms with Crippen molar-refractivity contribution in [1.82, 2.24) is 4.72 Å². The molecular formula is C20H19N3O4S. The van der Waals surface area contributed by atoms with Gasteiger partial charge in [0.1, 0.15) is 0 Å². The van der Waals surface area contributed by atoms with E-state index in [9.17, 15) is 18.0 Å². The minimum Gasteiger partial charge on any atom is -0.322 e. The molecule has 0 saturated heterocycles. The number of sulfonamides is 1. The van der Waals surface area contributed by atoms with Gasteiger partial charge in [-0.25, -0.2) is 13.1 Å². The molecule has 2 amide bonds. The summed E-state index contributed by atoms with van der Waals surface area (Å²) in [6, 6.07) is 10.0. The van der Waals surface area contributed by atoms with Gasteiger partial charge in [0.05, 0.1) is 4.90 Å². The van der Waals surface area contributed by atoms with Crippen molar-refractivity contribution >= 4 is 33.2 Å². The summed E-state index contributed by atoms with van der Waals surface area (Å²) in [4.78, 5) is 26.5. The van der Waals surface area contributed by atoms with Gasteiger partial charge in [-0.15, -0.1) is 0 Å². The van der Waals surface area contributed by atoms with Gasteiger partial charge in [-0.1, -0.05) is 12.6 Å². The third-order valence-corrected chi connectivity index (χ3v) is 6.45. The number of carbonyl (C=O) groups is 2. The van der Waals surface area contributed by atoms with Crippen molar-refractivity contribution in [3.05, 3.63) is 65.7 Å². The quantitative estimate of drug-likeness (QED) is 0.776. The number of amides is 2. The van der Waals surface area contributed by atoms with Gasteiger partial charge in [0.15, 0.2) is 0 Å². The summed E-state index contributed by atoms with van der Waals surface area (Å²) < 4.78 is 26.4. The van der Waals surface area contributed by atoms with Crippen LogP contribution in [-0.2, 0) is 27.8 Å². The summed E-state index contributed by atoms with van der Waals surface area (Å²) in [5, 5.41) is 2.75. The second-order valence-electron chi connectivity index (χ2n) is 6.74. The predicted molar refractivity (Wildman–Crippen MR) is 106 cm³/mol. The Labute approximate surface area is 163 Å². The van der Waals surface area contributed by atoms with Crippen LogP contribution in [0.1, 0.15) is 27.9 Å².